The van der Waals surface area contributed by atoms with Crippen LogP contribution in [0.5, 0.6) is 11.5 Å². The van der Waals surface area contributed by atoms with E-state index in [0.29, 0.717) is 37.8 Å². The van der Waals surface area contributed by atoms with E-state index >= 15 is 0 Å². The third-order valence-corrected chi connectivity index (χ3v) is 4.81. The first kappa shape index (κ1) is 21.6. The maximum absolute atomic E-state index is 14.0. The van der Waals surface area contributed by atoms with Crippen LogP contribution in [0, 0.1) is 5.82 Å². The fourth-order valence-corrected chi connectivity index (χ4v) is 3.31. The van der Waals surface area contributed by atoms with E-state index in [4.69, 9.17) is 14.2 Å². The maximum Gasteiger partial charge on any atom is 0.322 e. The summed E-state index contributed by atoms with van der Waals surface area (Å²) in [7, 11) is 1.56. The molecule has 3 rings (SSSR count). The van der Waals surface area contributed by atoms with Crippen molar-refractivity contribution in [3.05, 3.63) is 66.5 Å². The number of carbonyl (C=O) groups is 1. The molecule has 6 nitrogen and oxygen atoms in total. The first-order chi connectivity index (χ1) is 14.6. The predicted molar refractivity (Wildman–Crippen MR) is 113 cm³/mol. The van der Waals surface area contributed by atoms with Crippen molar-refractivity contribution in [3.8, 4) is 11.5 Å². The lowest BCUT2D eigenvalue weighted by Gasteiger charge is -2.26. The number of anilines is 1. The van der Waals surface area contributed by atoms with Crippen molar-refractivity contribution in [1.29, 1.82) is 0 Å². The van der Waals surface area contributed by atoms with E-state index in [-0.39, 0.29) is 17.8 Å². The molecule has 1 aliphatic rings. The third kappa shape index (κ3) is 5.73. The lowest BCUT2D eigenvalue weighted by Crippen LogP contribution is -2.39. The van der Waals surface area contributed by atoms with Crippen molar-refractivity contribution in [1.82, 2.24) is 4.90 Å². The van der Waals surface area contributed by atoms with Crippen LogP contribution in [0.25, 0.3) is 0 Å². The van der Waals surface area contributed by atoms with Gasteiger partial charge in [0.05, 0.1) is 18.9 Å². The van der Waals surface area contributed by atoms with Gasteiger partial charge in [-0.05, 0) is 42.7 Å². The minimum atomic E-state index is -0.478. The molecule has 0 bridgehead atoms. The second kappa shape index (κ2) is 10.6. The summed E-state index contributed by atoms with van der Waals surface area (Å²) in [4.78, 5) is 14.6. The molecule has 1 N–H and O–H groups in total. The average Bonchev–Trinajstić information content (AvgIpc) is 3.27. The molecule has 7 heteroatoms. The summed E-state index contributed by atoms with van der Waals surface area (Å²) in [6.45, 7) is 5.43. The SMILES string of the molecule is C=CCOc1ccc(CN(CC2CCCO2)C(=O)Nc2ccccc2F)cc1OC. The van der Waals surface area contributed by atoms with Crippen molar-refractivity contribution >= 4 is 11.7 Å². The average molecular weight is 414 g/mol. The number of halogens is 1. The van der Waals surface area contributed by atoms with Crippen LogP contribution in [-0.2, 0) is 11.3 Å². The molecule has 0 saturated carbocycles. The van der Waals surface area contributed by atoms with Crippen molar-refractivity contribution in [3.63, 3.8) is 0 Å². The zero-order valence-electron chi connectivity index (χ0n) is 17.1. The lowest BCUT2D eigenvalue weighted by atomic mass is 10.1. The summed E-state index contributed by atoms with van der Waals surface area (Å²) >= 11 is 0. The minimum Gasteiger partial charge on any atom is -0.493 e. The summed E-state index contributed by atoms with van der Waals surface area (Å²) in [6.07, 6.45) is 3.48. The number of methoxy groups -OCH3 is 1. The molecule has 1 unspecified atom stereocenters. The molecule has 2 amide bonds. The van der Waals surface area contributed by atoms with Gasteiger partial charge < -0.3 is 24.4 Å². The van der Waals surface area contributed by atoms with E-state index in [1.807, 2.05) is 12.1 Å². The number of amides is 2. The third-order valence-electron chi connectivity index (χ3n) is 4.81. The number of nitrogens with zero attached hydrogens (tertiary/aromatic N) is 1. The molecule has 1 fully saturated rings. The smallest absolute Gasteiger partial charge is 0.322 e. The van der Waals surface area contributed by atoms with Gasteiger partial charge in [0.2, 0.25) is 0 Å². The molecule has 1 heterocycles. The summed E-state index contributed by atoms with van der Waals surface area (Å²) in [5.41, 5.74) is 1.00. The zero-order chi connectivity index (χ0) is 21.3. The van der Waals surface area contributed by atoms with E-state index in [1.165, 1.54) is 12.1 Å². The molecule has 0 aromatic heterocycles. The zero-order valence-corrected chi connectivity index (χ0v) is 17.1. The number of para-hydroxylation sites is 1. The van der Waals surface area contributed by atoms with Crippen molar-refractivity contribution in [2.24, 2.45) is 0 Å². The van der Waals surface area contributed by atoms with Crippen molar-refractivity contribution in [2.45, 2.75) is 25.5 Å². The normalized spacial score (nSPS) is 15.5. The van der Waals surface area contributed by atoms with Gasteiger partial charge in [0, 0.05) is 19.7 Å². The highest BCUT2D eigenvalue weighted by atomic mass is 19.1. The highest BCUT2D eigenvalue weighted by molar-refractivity contribution is 5.89. The van der Waals surface area contributed by atoms with Crippen LogP contribution < -0.4 is 14.8 Å². The topological polar surface area (TPSA) is 60.0 Å². The number of ether oxygens (including phenoxy) is 3. The van der Waals surface area contributed by atoms with Crippen LogP contribution in [0.1, 0.15) is 18.4 Å². The number of urea groups is 1. The van der Waals surface area contributed by atoms with E-state index in [9.17, 15) is 9.18 Å². The van der Waals surface area contributed by atoms with E-state index in [2.05, 4.69) is 11.9 Å². The van der Waals surface area contributed by atoms with Gasteiger partial charge in [-0.15, -0.1) is 0 Å². The summed E-state index contributed by atoms with van der Waals surface area (Å²) in [5.74, 6) is 0.692. The molecular weight excluding hydrogens is 387 g/mol. The number of carbonyl (C=O) groups excluding carboxylic acids is 1. The lowest BCUT2D eigenvalue weighted by molar-refractivity contribution is 0.0819. The van der Waals surface area contributed by atoms with E-state index in [0.717, 1.165) is 18.4 Å². The van der Waals surface area contributed by atoms with Crippen LogP contribution in [-0.4, -0.2) is 43.9 Å². The Labute approximate surface area is 176 Å². The Kier molecular flexibility index (Phi) is 7.68. The molecule has 1 atom stereocenters. The Hall–Kier alpha value is -3.06. The predicted octanol–water partition coefficient (Wildman–Crippen LogP) is 4.61. The monoisotopic (exact) mass is 414 g/mol. The molecule has 0 radical (unpaired) electrons. The standard InChI is InChI=1S/C23H27FN2O4/c1-3-12-30-21-11-10-17(14-22(21)28-2)15-26(16-18-7-6-13-29-18)23(27)25-20-9-5-4-8-19(20)24/h3-5,8-11,14,18H,1,6-7,12-13,15-16H2,2H3,(H,25,27). The van der Waals surface area contributed by atoms with Crippen LogP contribution in [0.4, 0.5) is 14.9 Å². The fraction of sp³-hybridized carbons (Fsp3) is 0.348. The molecule has 1 saturated heterocycles. The number of nitrogens with one attached hydrogen (secondary N) is 1. The Morgan fingerprint density at radius 3 is 2.87 bits per heavy atom. The van der Waals surface area contributed by atoms with Crippen LogP contribution in [0.3, 0.4) is 0 Å². The number of hydrogen-bond acceptors (Lipinski definition) is 4. The highest BCUT2D eigenvalue weighted by Crippen LogP contribution is 2.29. The molecule has 0 aliphatic carbocycles. The van der Waals surface area contributed by atoms with Crippen LogP contribution in [0.15, 0.2) is 55.1 Å². The number of rotatable bonds is 9. The van der Waals surface area contributed by atoms with E-state index < -0.39 is 5.82 Å². The van der Waals surface area contributed by atoms with Gasteiger partial charge in [-0.2, -0.15) is 0 Å². The molecule has 1 aliphatic heterocycles. The molecule has 160 valence electrons. The van der Waals surface area contributed by atoms with Gasteiger partial charge in [-0.3, -0.25) is 0 Å². The minimum absolute atomic E-state index is 0.0338. The molecular formula is C23H27FN2O4. The molecule has 2 aromatic carbocycles. The van der Waals surface area contributed by atoms with Crippen LogP contribution in [0.2, 0.25) is 0 Å². The largest absolute Gasteiger partial charge is 0.493 e. The molecule has 0 spiro atoms. The highest BCUT2D eigenvalue weighted by Gasteiger charge is 2.24. The number of hydrogen-bond donors (Lipinski definition) is 1. The number of benzene rings is 2. The Morgan fingerprint density at radius 1 is 1.33 bits per heavy atom. The van der Waals surface area contributed by atoms with Gasteiger partial charge in [0.25, 0.3) is 0 Å². The molecule has 30 heavy (non-hydrogen) atoms. The van der Waals surface area contributed by atoms with Crippen molar-refractivity contribution in [2.75, 3.05) is 32.2 Å². The second-order valence-corrected chi connectivity index (χ2v) is 7.01. The Bertz CT molecular complexity index is 868. The maximum atomic E-state index is 14.0. The first-order valence-electron chi connectivity index (χ1n) is 9.93. The van der Waals surface area contributed by atoms with Gasteiger partial charge in [-0.25, -0.2) is 9.18 Å². The Balaban J connectivity index is 1.77. The second-order valence-electron chi connectivity index (χ2n) is 7.01. The molecule has 2 aromatic rings. The van der Waals surface area contributed by atoms with Gasteiger partial charge in [0.15, 0.2) is 11.5 Å². The summed E-state index contributed by atoms with van der Waals surface area (Å²) < 4.78 is 30.7. The quantitative estimate of drug-likeness (QED) is 0.609. The van der Waals surface area contributed by atoms with Gasteiger partial charge >= 0.3 is 6.03 Å². The van der Waals surface area contributed by atoms with Gasteiger partial charge in [-0.1, -0.05) is 30.9 Å². The van der Waals surface area contributed by atoms with Crippen LogP contribution >= 0.6 is 0 Å². The van der Waals surface area contributed by atoms with E-state index in [1.54, 1.807) is 36.3 Å². The Morgan fingerprint density at radius 2 is 2.17 bits per heavy atom. The summed E-state index contributed by atoms with van der Waals surface area (Å²) in [6, 6.07) is 11.2. The van der Waals surface area contributed by atoms with Gasteiger partial charge in [0.1, 0.15) is 12.4 Å². The summed E-state index contributed by atoms with van der Waals surface area (Å²) in [5, 5.41) is 2.66. The first-order valence-corrected chi connectivity index (χ1v) is 9.93. The van der Waals surface area contributed by atoms with Crippen molar-refractivity contribution < 1.29 is 23.4 Å². The fourth-order valence-electron chi connectivity index (χ4n) is 3.31.